The van der Waals surface area contributed by atoms with Gasteiger partial charge >= 0.3 is 0 Å². The highest BCUT2D eigenvalue weighted by atomic mass is 32.2. The van der Waals surface area contributed by atoms with E-state index >= 15 is 0 Å². The number of benzene rings is 1. The van der Waals surface area contributed by atoms with Crippen LogP contribution in [0.3, 0.4) is 0 Å². The van der Waals surface area contributed by atoms with Crippen LogP contribution >= 0.6 is 0 Å². The fourth-order valence-corrected chi connectivity index (χ4v) is 4.75. The summed E-state index contributed by atoms with van der Waals surface area (Å²) in [5.74, 6) is -0.440. The number of sulfone groups is 1. The van der Waals surface area contributed by atoms with Crippen molar-refractivity contribution in [2.24, 2.45) is 0 Å². The van der Waals surface area contributed by atoms with Crippen LogP contribution < -0.4 is 5.56 Å². The first-order valence-corrected chi connectivity index (χ1v) is 9.46. The lowest BCUT2D eigenvalue weighted by Gasteiger charge is -2.24. The highest BCUT2D eigenvalue weighted by molar-refractivity contribution is 7.91. The van der Waals surface area contributed by atoms with Gasteiger partial charge in [-0.2, -0.15) is 0 Å². The van der Waals surface area contributed by atoms with Crippen LogP contribution in [0.15, 0.2) is 47.4 Å². The van der Waals surface area contributed by atoms with Crippen LogP contribution in [0.2, 0.25) is 0 Å². The largest absolute Gasteiger partial charge is 0.337 e. The minimum absolute atomic E-state index is 0.0375. The fourth-order valence-electron chi connectivity index (χ4n) is 2.97. The number of pyridine rings is 1. The molecule has 2 aromatic rings. The van der Waals surface area contributed by atoms with Crippen LogP contribution in [0, 0.1) is 0 Å². The van der Waals surface area contributed by atoms with E-state index in [9.17, 15) is 18.0 Å². The zero-order valence-corrected chi connectivity index (χ0v) is 14.0. The lowest BCUT2D eigenvalue weighted by atomic mass is 10.0. The number of amides is 1. The Kier molecular flexibility index (Phi) is 4.28. The molecule has 0 spiro atoms. The Morgan fingerprint density at radius 2 is 1.92 bits per heavy atom. The van der Waals surface area contributed by atoms with E-state index in [1.165, 1.54) is 11.1 Å². The number of aromatic amines is 1. The highest BCUT2D eigenvalue weighted by Gasteiger charge is 2.34. The van der Waals surface area contributed by atoms with E-state index in [0.717, 1.165) is 5.56 Å². The van der Waals surface area contributed by atoms with E-state index in [-0.39, 0.29) is 17.1 Å². The number of carbonyl (C=O) groups is 1. The van der Waals surface area contributed by atoms with E-state index in [2.05, 4.69) is 4.98 Å². The van der Waals surface area contributed by atoms with Gasteiger partial charge in [0, 0.05) is 24.8 Å². The van der Waals surface area contributed by atoms with Gasteiger partial charge < -0.3 is 9.88 Å². The summed E-state index contributed by atoms with van der Waals surface area (Å²) in [5.41, 5.74) is 0.862. The van der Waals surface area contributed by atoms with E-state index in [0.29, 0.717) is 12.0 Å². The molecular weight excluding hydrogens is 328 g/mol. The molecule has 1 atom stereocenters. The normalized spacial score (nSPS) is 19.1. The summed E-state index contributed by atoms with van der Waals surface area (Å²) in [4.78, 5) is 29.1. The third kappa shape index (κ3) is 3.12. The molecule has 126 valence electrons. The summed E-state index contributed by atoms with van der Waals surface area (Å²) in [6.45, 7) is 0. The Morgan fingerprint density at radius 3 is 2.54 bits per heavy atom. The van der Waals surface area contributed by atoms with Gasteiger partial charge in [-0.15, -0.1) is 0 Å². The summed E-state index contributed by atoms with van der Waals surface area (Å²) >= 11 is 0. The van der Waals surface area contributed by atoms with E-state index in [4.69, 9.17) is 0 Å². The molecule has 6 nitrogen and oxygen atoms in total. The lowest BCUT2D eigenvalue weighted by molar-refractivity contribution is 0.0746. The molecule has 3 rings (SSSR count). The SMILES string of the molecule is CN(C(=O)c1c(-c2ccccc2)cc[nH]c1=O)C1CCS(=O)(=O)C1. The number of rotatable bonds is 3. The summed E-state index contributed by atoms with van der Waals surface area (Å²) in [6, 6.07) is 10.5. The summed E-state index contributed by atoms with van der Waals surface area (Å²) in [7, 11) is -1.56. The number of hydrogen-bond acceptors (Lipinski definition) is 4. The predicted molar refractivity (Wildman–Crippen MR) is 91.7 cm³/mol. The molecule has 24 heavy (non-hydrogen) atoms. The molecule has 1 fully saturated rings. The van der Waals surface area contributed by atoms with Crippen LogP contribution in [0.1, 0.15) is 16.8 Å². The second kappa shape index (κ2) is 6.24. The molecule has 1 aliphatic heterocycles. The molecule has 1 aromatic heterocycles. The Balaban J connectivity index is 2.00. The van der Waals surface area contributed by atoms with Crippen molar-refractivity contribution in [3.05, 3.63) is 58.5 Å². The minimum Gasteiger partial charge on any atom is -0.337 e. The van der Waals surface area contributed by atoms with Crippen LogP contribution in [-0.4, -0.2) is 48.8 Å². The Labute approximate surface area is 140 Å². The van der Waals surface area contributed by atoms with Crippen molar-refractivity contribution in [3.8, 4) is 11.1 Å². The van der Waals surface area contributed by atoms with Gasteiger partial charge in [0.25, 0.3) is 11.5 Å². The first-order valence-electron chi connectivity index (χ1n) is 7.64. The maximum absolute atomic E-state index is 12.9. The number of hydrogen-bond donors (Lipinski definition) is 1. The fraction of sp³-hybridized carbons (Fsp3) is 0.294. The lowest BCUT2D eigenvalue weighted by Crippen LogP contribution is -2.40. The van der Waals surface area contributed by atoms with Crippen molar-refractivity contribution in [2.45, 2.75) is 12.5 Å². The second-order valence-electron chi connectivity index (χ2n) is 5.93. The molecule has 1 N–H and O–H groups in total. The summed E-state index contributed by atoms with van der Waals surface area (Å²) in [5, 5.41) is 0. The maximum Gasteiger partial charge on any atom is 0.261 e. The molecule has 0 saturated carbocycles. The Hall–Kier alpha value is -2.41. The van der Waals surface area contributed by atoms with Crippen molar-refractivity contribution in [3.63, 3.8) is 0 Å². The smallest absolute Gasteiger partial charge is 0.261 e. The predicted octanol–water partition coefficient (Wildman–Crippen LogP) is 1.30. The van der Waals surface area contributed by atoms with Crippen LogP contribution in [0.4, 0.5) is 0 Å². The van der Waals surface area contributed by atoms with E-state index in [1.54, 1.807) is 13.1 Å². The van der Waals surface area contributed by atoms with Crippen molar-refractivity contribution >= 4 is 15.7 Å². The number of nitrogens with one attached hydrogen (secondary N) is 1. The van der Waals surface area contributed by atoms with Gasteiger partial charge in [-0.1, -0.05) is 30.3 Å². The maximum atomic E-state index is 12.9. The number of H-pyrrole nitrogens is 1. The van der Waals surface area contributed by atoms with Crippen molar-refractivity contribution in [1.29, 1.82) is 0 Å². The number of nitrogens with zero attached hydrogens (tertiary/aromatic N) is 1. The van der Waals surface area contributed by atoms with Gasteiger partial charge in [0.1, 0.15) is 5.56 Å². The molecule has 1 amide bonds. The monoisotopic (exact) mass is 346 g/mol. The van der Waals surface area contributed by atoms with Gasteiger partial charge in [0.15, 0.2) is 9.84 Å². The van der Waals surface area contributed by atoms with Gasteiger partial charge in [0.2, 0.25) is 0 Å². The molecule has 0 radical (unpaired) electrons. The third-order valence-electron chi connectivity index (χ3n) is 4.34. The van der Waals surface area contributed by atoms with Crippen LogP contribution in [0.5, 0.6) is 0 Å². The highest BCUT2D eigenvalue weighted by Crippen LogP contribution is 2.24. The minimum atomic E-state index is -3.11. The van der Waals surface area contributed by atoms with Crippen LogP contribution in [-0.2, 0) is 9.84 Å². The van der Waals surface area contributed by atoms with Crippen molar-refractivity contribution in [1.82, 2.24) is 9.88 Å². The van der Waals surface area contributed by atoms with E-state index < -0.39 is 27.3 Å². The quantitative estimate of drug-likeness (QED) is 0.907. The van der Waals surface area contributed by atoms with Gasteiger partial charge in [0.05, 0.1) is 11.5 Å². The first-order chi connectivity index (χ1) is 11.4. The Bertz CT molecular complexity index is 919. The number of aromatic nitrogens is 1. The topological polar surface area (TPSA) is 87.3 Å². The molecule has 1 saturated heterocycles. The molecule has 2 heterocycles. The van der Waals surface area contributed by atoms with Gasteiger partial charge in [-0.05, 0) is 18.1 Å². The van der Waals surface area contributed by atoms with Crippen LogP contribution in [0.25, 0.3) is 11.1 Å². The molecule has 0 bridgehead atoms. The average molecular weight is 346 g/mol. The van der Waals surface area contributed by atoms with Gasteiger partial charge in [-0.25, -0.2) is 8.42 Å². The second-order valence-corrected chi connectivity index (χ2v) is 8.16. The van der Waals surface area contributed by atoms with Gasteiger partial charge in [-0.3, -0.25) is 9.59 Å². The Morgan fingerprint density at radius 1 is 1.21 bits per heavy atom. The molecule has 7 heteroatoms. The zero-order valence-electron chi connectivity index (χ0n) is 13.2. The average Bonchev–Trinajstić information content (AvgIpc) is 2.94. The van der Waals surface area contributed by atoms with Crippen molar-refractivity contribution < 1.29 is 13.2 Å². The standard InChI is InChI=1S/C17H18N2O4S/c1-19(13-8-10-24(22,23)11-13)17(21)15-14(7-9-18-16(15)20)12-5-3-2-4-6-12/h2-7,9,13H,8,10-11H2,1H3,(H,18,20). The summed E-state index contributed by atoms with van der Waals surface area (Å²) in [6.07, 6.45) is 1.90. The molecule has 1 aromatic carbocycles. The molecular formula is C17H18N2O4S. The van der Waals surface area contributed by atoms with Crippen molar-refractivity contribution in [2.75, 3.05) is 18.6 Å². The molecule has 1 aliphatic rings. The molecule has 1 unspecified atom stereocenters. The summed E-state index contributed by atoms with van der Waals surface area (Å²) < 4.78 is 23.3. The first kappa shape index (κ1) is 16.4. The number of carbonyl (C=O) groups excluding carboxylic acids is 1. The third-order valence-corrected chi connectivity index (χ3v) is 6.09. The zero-order chi connectivity index (χ0) is 17.3. The molecule has 0 aliphatic carbocycles. The van der Waals surface area contributed by atoms with E-state index in [1.807, 2.05) is 30.3 Å².